The molecule has 0 unspecified atom stereocenters. The van der Waals surface area contributed by atoms with E-state index in [0.29, 0.717) is 0 Å². The van der Waals surface area contributed by atoms with Gasteiger partial charge in [0.2, 0.25) is 0 Å². The zero-order valence-corrected chi connectivity index (χ0v) is 9.58. The van der Waals surface area contributed by atoms with Gasteiger partial charge < -0.3 is 15.2 Å². The van der Waals surface area contributed by atoms with Gasteiger partial charge >= 0.3 is 12.6 Å². The molecule has 0 aliphatic rings. The summed E-state index contributed by atoms with van der Waals surface area (Å²) in [6.45, 7) is -1.48. The molecule has 0 fully saturated rings. The van der Waals surface area contributed by atoms with Gasteiger partial charge in [0.25, 0.3) is 0 Å². The number of rotatable bonds is 5. The largest absolute Gasteiger partial charge is 0.466 e. The average molecular weight is 263 g/mol. The highest BCUT2D eigenvalue weighted by Crippen LogP contribution is 2.30. The predicted octanol–water partition coefficient (Wildman–Crippen LogP) is 2.11. The number of nitrogen functional groups attached to an aromatic ring is 1. The van der Waals surface area contributed by atoms with Crippen molar-refractivity contribution in [3.63, 3.8) is 0 Å². The fourth-order valence-corrected chi connectivity index (χ4v) is 1.37. The molecule has 4 nitrogen and oxygen atoms in total. The first-order valence-corrected chi connectivity index (χ1v) is 5.13. The summed E-state index contributed by atoms with van der Waals surface area (Å²) in [5, 5.41) is 0. The number of benzene rings is 1. The molecule has 0 aliphatic heterocycles. The lowest BCUT2D eigenvalue weighted by Gasteiger charge is -2.13. The van der Waals surface area contributed by atoms with Crippen molar-refractivity contribution in [2.45, 2.75) is 20.0 Å². The highest BCUT2D eigenvalue weighted by atomic mass is 19.3. The Hall–Kier alpha value is -1.92. The highest BCUT2D eigenvalue weighted by Gasteiger charge is 2.20. The fourth-order valence-electron chi connectivity index (χ4n) is 1.37. The number of hydrogen-bond donors (Lipinski definition) is 1. The summed E-state index contributed by atoms with van der Waals surface area (Å²) in [6.07, 6.45) is -0.521. The second kappa shape index (κ2) is 6.13. The summed E-state index contributed by atoms with van der Waals surface area (Å²) in [7, 11) is 0. The number of halogens is 3. The Morgan fingerprint density at radius 1 is 1.44 bits per heavy atom. The molecule has 100 valence electrons. The van der Waals surface area contributed by atoms with Gasteiger partial charge in [-0.3, -0.25) is 4.79 Å². The van der Waals surface area contributed by atoms with E-state index in [-0.39, 0.29) is 17.9 Å². The Labute approximate surface area is 101 Å². The Kier molecular flexibility index (Phi) is 4.82. The van der Waals surface area contributed by atoms with Crippen molar-refractivity contribution < 1.29 is 27.4 Å². The minimum atomic E-state index is -3.16. The van der Waals surface area contributed by atoms with E-state index in [1.807, 2.05) is 0 Å². The number of alkyl halides is 2. The van der Waals surface area contributed by atoms with E-state index in [2.05, 4.69) is 9.47 Å². The van der Waals surface area contributed by atoms with Gasteiger partial charge in [0.05, 0.1) is 18.7 Å². The molecular weight excluding hydrogens is 251 g/mol. The maximum atomic E-state index is 13.5. The molecule has 0 aromatic heterocycles. The molecule has 0 bridgehead atoms. The summed E-state index contributed by atoms with van der Waals surface area (Å²) in [5.41, 5.74) is 4.90. The van der Waals surface area contributed by atoms with E-state index >= 15 is 0 Å². The van der Waals surface area contributed by atoms with Gasteiger partial charge in [-0.05, 0) is 19.1 Å². The van der Waals surface area contributed by atoms with Crippen molar-refractivity contribution in [2.75, 3.05) is 12.3 Å². The van der Waals surface area contributed by atoms with Crippen LogP contribution in [0.1, 0.15) is 12.5 Å². The zero-order valence-electron chi connectivity index (χ0n) is 9.58. The first-order valence-electron chi connectivity index (χ1n) is 5.13. The SMILES string of the molecule is CCOC(=O)Cc1c(F)ccc(N)c1OC(F)F. The molecule has 1 aromatic rings. The van der Waals surface area contributed by atoms with Crippen molar-refractivity contribution in [1.29, 1.82) is 0 Å². The quantitative estimate of drug-likeness (QED) is 0.653. The van der Waals surface area contributed by atoms with E-state index in [4.69, 9.17) is 5.73 Å². The van der Waals surface area contributed by atoms with Crippen LogP contribution in [0.3, 0.4) is 0 Å². The standard InChI is InChI=1S/C11H12F3NO3/c1-2-17-9(16)5-6-7(12)3-4-8(15)10(6)18-11(13)14/h3-4,11H,2,5,15H2,1H3. The summed E-state index contributed by atoms with van der Waals surface area (Å²) in [5.74, 6) is -2.13. The van der Waals surface area contributed by atoms with Crippen LogP contribution in [-0.4, -0.2) is 19.2 Å². The van der Waals surface area contributed by atoms with Crippen LogP contribution in [0.15, 0.2) is 12.1 Å². The van der Waals surface area contributed by atoms with E-state index in [0.717, 1.165) is 12.1 Å². The van der Waals surface area contributed by atoms with Crippen LogP contribution >= 0.6 is 0 Å². The molecule has 0 heterocycles. The van der Waals surface area contributed by atoms with Crippen molar-refractivity contribution in [3.05, 3.63) is 23.5 Å². The van der Waals surface area contributed by atoms with Crippen LogP contribution in [0.5, 0.6) is 5.75 Å². The molecule has 0 saturated heterocycles. The monoisotopic (exact) mass is 263 g/mol. The maximum Gasteiger partial charge on any atom is 0.387 e. The van der Waals surface area contributed by atoms with E-state index in [1.54, 1.807) is 6.92 Å². The molecule has 1 rings (SSSR count). The minimum absolute atomic E-state index is 0.105. The lowest BCUT2D eigenvalue weighted by molar-refractivity contribution is -0.142. The molecule has 0 radical (unpaired) electrons. The van der Waals surface area contributed by atoms with Gasteiger partial charge in [0, 0.05) is 5.56 Å². The molecule has 0 amide bonds. The molecule has 2 N–H and O–H groups in total. The van der Waals surface area contributed by atoms with Crippen LogP contribution in [0.2, 0.25) is 0 Å². The molecule has 0 aliphatic carbocycles. The van der Waals surface area contributed by atoms with Crippen LogP contribution in [0.4, 0.5) is 18.9 Å². The van der Waals surface area contributed by atoms with Crippen LogP contribution in [0.25, 0.3) is 0 Å². The Morgan fingerprint density at radius 2 is 2.11 bits per heavy atom. The summed E-state index contributed by atoms with van der Waals surface area (Å²) < 4.78 is 46.6. The Balaban J connectivity index is 3.06. The third-order valence-electron chi connectivity index (χ3n) is 2.07. The van der Waals surface area contributed by atoms with E-state index in [9.17, 15) is 18.0 Å². The van der Waals surface area contributed by atoms with Gasteiger partial charge in [-0.1, -0.05) is 0 Å². The molecule has 0 spiro atoms. The maximum absolute atomic E-state index is 13.5. The molecule has 0 atom stereocenters. The number of ether oxygens (including phenoxy) is 2. The van der Waals surface area contributed by atoms with Gasteiger partial charge in [-0.15, -0.1) is 0 Å². The topological polar surface area (TPSA) is 61.5 Å². The van der Waals surface area contributed by atoms with Gasteiger partial charge in [0.15, 0.2) is 5.75 Å². The fraction of sp³-hybridized carbons (Fsp3) is 0.364. The van der Waals surface area contributed by atoms with E-state index < -0.39 is 30.6 Å². The Morgan fingerprint density at radius 3 is 2.67 bits per heavy atom. The summed E-state index contributed by atoms with van der Waals surface area (Å²) in [6, 6.07) is 2.06. The number of hydrogen-bond acceptors (Lipinski definition) is 4. The molecular formula is C11H12F3NO3. The van der Waals surface area contributed by atoms with Crippen molar-refractivity contribution in [2.24, 2.45) is 0 Å². The van der Waals surface area contributed by atoms with Gasteiger partial charge in [0.1, 0.15) is 5.82 Å². The first-order chi connectivity index (χ1) is 8.45. The lowest BCUT2D eigenvalue weighted by atomic mass is 10.1. The van der Waals surface area contributed by atoms with Crippen molar-refractivity contribution in [3.8, 4) is 5.75 Å². The molecule has 0 saturated carbocycles. The van der Waals surface area contributed by atoms with Crippen LogP contribution in [-0.2, 0) is 16.0 Å². The smallest absolute Gasteiger partial charge is 0.387 e. The van der Waals surface area contributed by atoms with E-state index in [1.165, 1.54) is 0 Å². The second-order valence-electron chi connectivity index (χ2n) is 3.30. The highest BCUT2D eigenvalue weighted by molar-refractivity contribution is 5.75. The predicted molar refractivity (Wildman–Crippen MR) is 57.8 cm³/mol. The minimum Gasteiger partial charge on any atom is -0.466 e. The summed E-state index contributed by atoms with van der Waals surface area (Å²) in [4.78, 5) is 11.2. The van der Waals surface area contributed by atoms with Gasteiger partial charge in [-0.2, -0.15) is 8.78 Å². The third kappa shape index (κ3) is 3.54. The summed E-state index contributed by atoms with van der Waals surface area (Å²) >= 11 is 0. The molecule has 7 heteroatoms. The molecule has 18 heavy (non-hydrogen) atoms. The Bertz CT molecular complexity index is 438. The number of carbonyl (C=O) groups is 1. The first kappa shape index (κ1) is 14.1. The number of esters is 1. The normalized spacial score (nSPS) is 10.5. The van der Waals surface area contributed by atoms with Crippen molar-refractivity contribution >= 4 is 11.7 Å². The number of anilines is 1. The third-order valence-corrected chi connectivity index (χ3v) is 2.07. The molecule has 1 aromatic carbocycles. The van der Waals surface area contributed by atoms with Crippen molar-refractivity contribution in [1.82, 2.24) is 0 Å². The van der Waals surface area contributed by atoms with Crippen LogP contribution < -0.4 is 10.5 Å². The number of carbonyl (C=O) groups excluding carboxylic acids is 1. The zero-order chi connectivity index (χ0) is 13.7. The second-order valence-corrected chi connectivity index (χ2v) is 3.30. The number of nitrogens with two attached hydrogens (primary N) is 1. The van der Waals surface area contributed by atoms with Crippen LogP contribution in [0, 0.1) is 5.82 Å². The lowest BCUT2D eigenvalue weighted by Crippen LogP contribution is -2.13. The average Bonchev–Trinajstić information content (AvgIpc) is 2.28. The van der Waals surface area contributed by atoms with Gasteiger partial charge in [-0.25, -0.2) is 4.39 Å².